The van der Waals surface area contributed by atoms with Gasteiger partial charge < -0.3 is 20.3 Å². The quantitative estimate of drug-likeness (QED) is 0.472. The Morgan fingerprint density at radius 3 is 2.15 bits per heavy atom. The maximum absolute atomic E-state index is 5.52. The van der Waals surface area contributed by atoms with E-state index in [4.69, 9.17) is 4.74 Å². The number of rotatable bonds is 8. The number of piperazine rings is 1. The molecule has 0 aromatic carbocycles. The minimum Gasteiger partial charge on any atom is -0.379 e. The van der Waals surface area contributed by atoms with Crippen LogP contribution in [0.4, 0.5) is 0 Å². The third-order valence-electron chi connectivity index (χ3n) is 5.76. The molecule has 0 aliphatic carbocycles. The summed E-state index contributed by atoms with van der Waals surface area (Å²) in [5.74, 6) is 1.60. The van der Waals surface area contributed by atoms with E-state index in [9.17, 15) is 0 Å². The number of aliphatic imine (C=N–C) groups is 1. The van der Waals surface area contributed by atoms with Crippen molar-refractivity contribution in [2.75, 3.05) is 79.7 Å². The molecule has 0 spiro atoms. The first-order chi connectivity index (χ1) is 13.0. The summed E-state index contributed by atoms with van der Waals surface area (Å²) in [5.41, 5.74) is 0. The normalized spacial score (nSPS) is 23.4. The third-order valence-corrected chi connectivity index (χ3v) is 5.76. The van der Waals surface area contributed by atoms with Gasteiger partial charge in [-0.3, -0.25) is 14.8 Å². The van der Waals surface area contributed by atoms with Gasteiger partial charge in [0.15, 0.2) is 5.96 Å². The van der Waals surface area contributed by atoms with Crippen LogP contribution < -0.4 is 10.6 Å². The standard InChI is InChI=1S/C20H42N6O/c1-17(2)14-19(26-10-12-27-13-11-26)16-23-20(21-4)22-15-18(3)25-8-6-24(5)7-9-25/h17-19H,6-16H2,1-5H3,(H2,21,22,23). The number of likely N-dealkylation sites (N-methyl/N-ethyl adjacent to an activating group) is 1. The fourth-order valence-corrected chi connectivity index (χ4v) is 3.92. The van der Waals surface area contributed by atoms with Crippen LogP contribution in [0.1, 0.15) is 27.2 Å². The Morgan fingerprint density at radius 1 is 0.926 bits per heavy atom. The van der Waals surface area contributed by atoms with Gasteiger partial charge in [-0.25, -0.2) is 0 Å². The molecule has 2 saturated heterocycles. The highest BCUT2D eigenvalue weighted by Gasteiger charge is 2.23. The first-order valence-corrected chi connectivity index (χ1v) is 10.7. The lowest BCUT2D eigenvalue weighted by Crippen LogP contribution is -2.54. The molecule has 2 atom stereocenters. The average molecular weight is 383 g/mol. The summed E-state index contributed by atoms with van der Waals surface area (Å²) in [6, 6.07) is 1.05. The predicted molar refractivity (Wildman–Crippen MR) is 114 cm³/mol. The van der Waals surface area contributed by atoms with Gasteiger partial charge in [-0.2, -0.15) is 0 Å². The molecule has 0 aromatic rings. The van der Waals surface area contributed by atoms with Crippen molar-refractivity contribution < 1.29 is 4.74 Å². The van der Waals surface area contributed by atoms with E-state index in [1.54, 1.807) is 0 Å². The van der Waals surface area contributed by atoms with Crippen molar-refractivity contribution in [2.24, 2.45) is 10.9 Å². The van der Waals surface area contributed by atoms with Crippen molar-refractivity contribution in [3.05, 3.63) is 0 Å². The van der Waals surface area contributed by atoms with Crippen LogP contribution in [0, 0.1) is 5.92 Å². The molecule has 2 heterocycles. The van der Waals surface area contributed by atoms with E-state index in [2.05, 4.69) is 58.1 Å². The van der Waals surface area contributed by atoms with E-state index < -0.39 is 0 Å². The van der Waals surface area contributed by atoms with Crippen LogP contribution in [0.5, 0.6) is 0 Å². The monoisotopic (exact) mass is 382 g/mol. The highest BCUT2D eigenvalue weighted by Crippen LogP contribution is 2.13. The van der Waals surface area contributed by atoms with Crippen molar-refractivity contribution in [1.82, 2.24) is 25.3 Å². The Labute approximate surface area is 166 Å². The fourth-order valence-electron chi connectivity index (χ4n) is 3.92. The van der Waals surface area contributed by atoms with E-state index in [0.717, 1.165) is 71.5 Å². The van der Waals surface area contributed by atoms with Crippen LogP contribution in [0.15, 0.2) is 4.99 Å². The zero-order chi connectivity index (χ0) is 19.6. The summed E-state index contributed by atoms with van der Waals surface area (Å²) in [5, 5.41) is 7.10. The molecule has 2 aliphatic heterocycles. The number of guanidine groups is 1. The summed E-state index contributed by atoms with van der Waals surface area (Å²) < 4.78 is 5.52. The van der Waals surface area contributed by atoms with Crippen molar-refractivity contribution in [3.8, 4) is 0 Å². The molecule has 0 saturated carbocycles. The van der Waals surface area contributed by atoms with Crippen LogP contribution >= 0.6 is 0 Å². The Kier molecular flexibility index (Phi) is 9.82. The van der Waals surface area contributed by atoms with Crippen molar-refractivity contribution >= 4 is 5.96 Å². The molecule has 27 heavy (non-hydrogen) atoms. The Balaban J connectivity index is 1.76. The van der Waals surface area contributed by atoms with E-state index in [1.165, 1.54) is 6.42 Å². The van der Waals surface area contributed by atoms with Gasteiger partial charge in [0.1, 0.15) is 0 Å². The zero-order valence-corrected chi connectivity index (χ0v) is 18.2. The van der Waals surface area contributed by atoms with Gasteiger partial charge in [0.05, 0.1) is 13.2 Å². The van der Waals surface area contributed by atoms with E-state index in [0.29, 0.717) is 18.0 Å². The first-order valence-electron chi connectivity index (χ1n) is 10.7. The van der Waals surface area contributed by atoms with Gasteiger partial charge in [0, 0.05) is 71.5 Å². The molecule has 7 heteroatoms. The summed E-state index contributed by atoms with van der Waals surface area (Å²) in [7, 11) is 4.07. The Morgan fingerprint density at radius 2 is 1.56 bits per heavy atom. The molecule has 0 radical (unpaired) electrons. The van der Waals surface area contributed by atoms with Crippen LogP contribution in [0.3, 0.4) is 0 Å². The predicted octanol–water partition coefficient (Wildman–Crippen LogP) is 0.534. The molecule has 7 nitrogen and oxygen atoms in total. The number of ether oxygens (including phenoxy) is 1. The maximum atomic E-state index is 5.52. The highest BCUT2D eigenvalue weighted by molar-refractivity contribution is 5.79. The van der Waals surface area contributed by atoms with Crippen LogP contribution in [-0.2, 0) is 4.74 Å². The van der Waals surface area contributed by atoms with Crippen molar-refractivity contribution in [2.45, 2.75) is 39.3 Å². The van der Waals surface area contributed by atoms with Crippen molar-refractivity contribution in [3.63, 3.8) is 0 Å². The molecular formula is C20H42N6O. The van der Waals surface area contributed by atoms with Crippen LogP contribution in [-0.4, -0.2) is 112 Å². The van der Waals surface area contributed by atoms with Crippen LogP contribution in [0.25, 0.3) is 0 Å². The highest BCUT2D eigenvalue weighted by atomic mass is 16.5. The summed E-state index contributed by atoms with van der Waals surface area (Å²) in [6.45, 7) is 17.2. The van der Waals surface area contributed by atoms with Gasteiger partial charge in [0.25, 0.3) is 0 Å². The molecule has 2 fully saturated rings. The van der Waals surface area contributed by atoms with Gasteiger partial charge in [0.2, 0.25) is 0 Å². The smallest absolute Gasteiger partial charge is 0.191 e. The van der Waals surface area contributed by atoms with E-state index in [1.807, 2.05) is 7.05 Å². The summed E-state index contributed by atoms with van der Waals surface area (Å²) >= 11 is 0. The SMILES string of the molecule is CN=C(NCC(C)N1CCN(C)CC1)NCC(CC(C)C)N1CCOCC1. The lowest BCUT2D eigenvalue weighted by atomic mass is 10.0. The molecule has 0 bridgehead atoms. The molecule has 158 valence electrons. The number of hydrogen-bond donors (Lipinski definition) is 2. The second-order valence-corrected chi connectivity index (χ2v) is 8.45. The number of hydrogen-bond acceptors (Lipinski definition) is 5. The number of nitrogens with one attached hydrogen (secondary N) is 2. The molecule has 2 rings (SSSR count). The molecule has 2 unspecified atom stereocenters. The molecule has 2 aliphatic rings. The summed E-state index contributed by atoms with van der Waals surface area (Å²) in [6.07, 6.45) is 1.20. The Hall–Kier alpha value is -0.890. The van der Waals surface area contributed by atoms with E-state index in [-0.39, 0.29) is 0 Å². The maximum Gasteiger partial charge on any atom is 0.191 e. The molecule has 0 aromatic heterocycles. The zero-order valence-electron chi connectivity index (χ0n) is 18.2. The fraction of sp³-hybridized carbons (Fsp3) is 0.950. The molecule has 0 amide bonds. The summed E-state index contributed by atoms with van der Waals surface area (Å²) in [4.78, 5) is 12.0. The number of morpholine rings is 1. The van der Waals surface area contributed by atoms with E-state index >= 15 is 0 Å². The van der Waals surface area contributed by atoms with Crippen LogP contribution in [0.2, 0.25) is 0 Å². The average Bonchev–Trinajstić information content (AvgIpc) is 2.67. The minimum absolute atomic E-state index is 0.517. The lowest BCUT2D eigenvalue weighted by Gasteiger charge is -2.37. The second-order valence-electron chi connectivity index (χ2n) is 8.45. The van der Waals surface area contributed by atoms with Gasteiger partial charge in [-0.05, 0) is 26.3 Å². The lowest BCUT2D eigenvalue weighted by molar-refractivity contribution is 0.0132. The van der Waals surface area contributed by atoms with Gasteiger partial charge in [-0.15, -0.1) is 0 Å². The molecular weight excluding hydrogens is 340 g/mol. The van der Waals surface area contributed by atoms with Gasteiger partial charge >= 0.3 is 0 Å². The number of nitrogens with zero attached hydrogens (tertiary/aromatic N) is 4. The topological polar surface area (TPSA) is 55.4 Å². The first kappa shape index (κ1) is 22.4. The minimum atomic E-state index is 0.517. The third kappa shape index (κ3) is 7.94. The van der Waals surface area contributed by atoms with Crippen molar-refractivity contribution in [1.29, 1.82) is 0 Å². The molecule has 2 N–H and O–H groups in total. The largest absolute Gasteiger partial charge is 0.379 e. The Bertz CT molecular complexity index is 430. The van der Waals surface area contributed by atoms with Gasteiger partial charge in [-0.1, -0.05) is 13.8 Å². The second kappa shape index (κ2) is 11.8.